The van der Waals surface area contributed by atoms with Gasteiger partial charge in [0.1, 0.15) is 0 Å². The molecule has 0 aliphatic carbocycles. The SMILES string of the molecule is O=C(O)C(F)(F)CN(CCO)Cc1ccccc1. The van der Waals surface area contributed by atoms with Crippen molar-refractivity contribution in [3.63, 3.8) is 0 Å². The highest BCUT2D eigenvalue weighted by molar-refractivity contribution is 5.75. The molecule has 18 heavy (non-hydrogen) atoms. The molecule has 2 N–H and O–H groups in total. The monoisotopic (exact) mass is 259 g/mol. The van der Waals surface area contributed by atoms with E-state index in [0.29, 0.717) is 0 Å². The van der Waals surface area contributed by atoms with Crippen LogP contribution in [-0.4, -0.2) is 46.7 Å². The zero-order valence-corrected chi connectivity index (χ0v) is 9.72. The fraction of sp³-hybridized carbons (Fsp3) is 0.417. The van der Waals surface area contributed by atoms with E-state index in [1.165, 1.54) is 4.90 Å². The molecular weight excluding hydrogens is 244 g/mol. The number of alkyl halides is 2. The molecule has 1 aromatic carbocycles. The molecule has 0 atom stereocenters. The maximum absolute atomic E-state index is 13.1. The quantitative estimate of drug-likeness (QED) is 0.772. The Morgan fingerprint density at radius 2 is 1.89 bits per heavy atom. The first-order valence-electron chi connectivity index (χ1n) is 5.44. The number of benzene rings is 1. The van der Waals surface area contributed by atoms with Crippen molar-refractivity contribution in [2.75, 3.05) is 19.7 Å². The van der Waals surface area contributed by atoms with Gasteiger partial charge < -0.3 is 10.2 Å². The summed E-state index contributed by atoms with van der Waals surface area (Å²) in [5.74, 6) is -5.97. The van der Waals surface area contributed by atoms with Gasteiger partial charge in [-0.05, 0) is 5.56 Å². The van der Waals surface area contributed by atoms with E-state index in [1.54, 1.807) is 30.3 Å². The lowest BCUT2D eigenvalue weighted by atomic mass is 10.2. The van der Waals surface area contributed by atoms with Crippen LogP contribution in [0.3, 0.4) is 0 Å². The van der Waals surface area contributed by atoms with Crippen LogP contribution >= 0.6 is 0 Å². The van der Waals surface area contributed by atoms with E-state index in [2.05, 4.69) is 0 Å². The summed E-state index contributed by atoms with van der Waals surface area (Å²) in [6.45, 7) is -1.05. The van der Waals surface area contributed by atoms with E-state index in [-0.39, 0.29) is 19.7 Å². The minimum absolute atomic E-state index is 0.00222. The topological polar surface area (TPSA) is 60.8 Å². The lowest BCUT2D eigenvalue weighted by molar-refractivity contribution is -0.167. The van der Waals surface area contributed by atoms with Gasteiger partial charge in [0, 0.05) is 13.1 Å². The summed E-state index contributed by atoms with van der Waals surface area (Å²) in [6.07, 6.45) is 0. The highest BCUT2D eigenvalue weighted by Gasteiger charge is 2.40. The second-order valence-corrected chi connectivity index (χ2v) is 3.93. The molecule has 0 heterocycles. The number of carboxylic acids is 1. The smallest absolute Gasteiger partial charge is 0.375 e. The Hall–Kier alpha value is -1.53. The van der Waals surface area contributed by atoms with Gasteiger partial charge in [0.15, 0.2) is 0 Å². The van der Waals surface area contributed by atoms with Crippen LogP contribution in [0.25, 0.3) is 0 Å². The molecule has 6 heteroatoms. The van der Waals surface area contributed by atoms with Gasteiger partial charge in [-0.3, -0.25) is 4.90 Å². The molecule has 0 spiro atoms. The molecule has 0 fully saturated rings. The van der Waals surface area contributed by atoms with E-state index < -0.39 is 18.4 Å². The van der Waals surface area contributed by atoms with Gasteiger partial charge in [0.2, 0.25) is 0 Å². The first-order chi connectivity index (χ1) is 8.45. The van der Waals surface area contributed by atoms with Crippen LogP contribution in [0.5, 0.6) is 0 Å². The summed E-state index contributed by atoms with van der Waals surface area (Å²) in [6, 6.07) is 8.84. The average molecular weight is 259 g/mol. The normalized spacial score (nSPS) is 11.8. The Morgan fingerprint density at radius 1 is 1.28 bits per heavy atom. The molecular formula is C12H15F2NO3. The van der Waals surface area contributed by atoms with Crippen LogP contribution in [0.4, 0.5) is 8.78 Å². The number of halogens is 2. The molecule has 0 saturated heterocycles. The Bertz CT molecular complexity index is 384. The summed E-state index contributed by atoms with van der Waals surface area (Å²) in [5.41, 5.74) is 0.784. The Morgan fingerprint density at radius 3 is 2.39 bits per heavy atom. The van der Waals surface area contributed by atoms with Gasteiger partial charge >= 0.3 is 11.9 Å². The number of carbonyl (C=O) groups is 1. The van der Waals surface area contributed by atoms with Gasteiger partial charge in [-0.2, -0.15) is 8.78 Å². The maximum Gasteiger partial charge on any atom is 0.375 e. The Kier molecular flexibility index (Phi) is 5.18. The molecule has 0 saturated carbocycles. The predicted octanol–water partition coefficient (Wildman–Crippen LogP) is 1.20. The van der Waals surface area contributed by atoms with Crippen molar-refractivity contribution in [1.29, 1.82) is 0 Å². The Balaban J connectivity index is 2.69. The minimum Gasteiger partial charge on any atom is -0.477 e. The Labute approximate surface area is 103 Å². The fourth-order valence-electron chi connectivity index (χ4n) is 1.55. The predicted molar refractivity (Wildman–Crippen MR) is 61.4 cm³/mol. The first kappa shape index (κ1) is 14.5. The minimum atomic E-state index is -3.82. The van der Waals surface area contributed by atoms with Crippen molar-refractivity contribution in [3.05, 3.63) is 35.9 Å². The lowest BCUT2D eigenvalue weighted by Crippen LogP contribution is -2.43. The summed E-state index contributed by atoms with van der Waals surface area (Å²) in [7, 11) is 0. The lowest BCUT2D eigenvalue weighted by Gasteiger charge is -2.24. The van der Waals surface area contributed by atoms with Crippen LogP contribution in [0.15, 0.2) is 30.3 Å². The third kappa shape index (κ3) is 4.38. The summed E-state index contributed by atoms with van der Waals surface area (Å²) >= 11 is 0. The zero-order chi connectivity index (χ0) is 13.6. The van der Waals surface area contributed by atoms with Crippen molar-refractivity contribution >= 4 is 5.97 Å². The van der Waals surface area contributed by atoms with Crippen molar-refractivity contribution in [1.82, 2.24) is 4.90 Å². The van der Waals surface area contributed by atoms with Gasteiger partial charge in [0.05, 0.1) is 13.2 Å². The third-order valence-corrected chi connectivity index (χ3v) is 2.40. The summed E-state index contributed by atoms with van der Waals surface area (Å²) in [4.78, 5) is 11.6. The van der Waals surface area contributed by atoms with Crippen molar-refractivity contribution in [2.45, 2.75) is 12.5 Å². The number of hydrogen-bond donors (Lipinski definition) is 2. The van der Waals surface area contributed by atoms with Gasteiger partial charge in [0.25, 0.3) is 0 Å². The number of aliphatic hydroxyl groups excluding tert-OH is 1. The highest BCUT2D eigenvalue weighted by Crippen LogP contribution is 2.17. The molecule has 100 valence electrons. The van der Waals surface area contributed by atoms with Gasteiger partial charge in [-0.1, -0.05) is 30.3 Å². The number of nitrogens with zero attached hydrogens (tertiary/aromatic N) is 1. The molecule has 0 bridgehead atoms. The first-order valence-corrected chi connectivity index (χ1v) is 5.44. The largest absolute Gasteiger partial charge is 0.477 e. The number of aliphatic carboxylic acids is 1. The van der Waals surface area contributed by atoms with E-state index in [4.69, 9.17) is 10.2 Å². The molecule has 4 nitrogen and oxygen atoms in total. The summed E-state index contributed by atoms with van der Waals surface area (Å²) in [5, 5.41) is 17.2. The van der Waals surface area contributed by atoms with Gasteiger partial charge in [-0.25, -0.2) is 4.79 Å². The molecule has 1 rings (SSSR count). The standard InChI is InChI=1S/C12H15F2NO3/c13-12(14,11(17)18)9-15(6-7-16)8-10-4-2-1-3-5-10/h1-5,16H,6-9H2,(H,17,18). The molecule has 0 aliphatic heterocycles. The zero-order valence-electron chi connectivity index (χ0n) is 9.72. The van der Waals surface area contributed by atoms with Crippen LogP contribution in [0, 0.1) is 0 Å². The second kappa shape index (κ2) is 6.42. The number of hydrogen-bond acceptors (Lipinski definition) is 3. The van der Waals surface area contributed by atoms with Crippen LogP contribution < -0.4 is 0 Å². The van der Waals surface area contributed by atoms with E-state index in [9.17, 15) is 13.6 Å². The number of rotatable bonds is 7. The van der Waals surface area contributed by atoms with Gasteiger partial charge in [-0.15, -0.1) is 0 Å². The van der Waals surface area contributed by atoms with Crippen LogP contribution in [0.2, 0.25) is 0 Å². The third-order valence-electron chi connectivity index (χ3n) is 2.40. The van der Waals surface area contributed by atoms with Crippen molar-refractivity contribution in [2.24, 2.45) is 0 Å². The number of aliphatic hydroxyl groups is 1. The molecule has 0 aliphatic rings. The van der Waals surface area contributed by atoms with Crippen LogP contribution in [-0.2, 0) is 11.3 Å². The van der Waals surface area contributed by atoms with E-state index in [0.717, 1.165) is 5.56 Å². The average Bonchev–Trinajstić information content (AvgIpc) is 2.30. The number of carboxylic acid groups (broad SMARTS) is 1. The maximum atomic E-state index is 13.1. The van der Waals surface area contributed by atoms with Crippen LogP contribution in [0.1, 0.15) is 5.56 Å². The fourth-order valence-corrected chi connectivity index (χ4v) is 1.55. The highest BCUT2D eigenvalue weighted by atomic mass is 19.3. The second-order valence-electron chi connectivity index (χ2n) is 3.93. The molecule has 0 amide bonds. The van der Waals surface area contributed by atoms with Crippen molar-refractivity contribution in [3.8, 4) is 0 Å². The van der Waals surface area contributed by atoms with E-state index in [1.807, 2.05) is 0 Å². The molecule has 1 aromatic rings. The summed E-state index contributed by atoms with van der Waals surface area (Å²) < 4.78 is 26.2. The molecule has 0 unspecified atom stereocenters. The molecule has 0 aromatic heterocycles. The van der Waals surface area contributed by atoms with Crippen molar-refractivity contribution < 1.29 is 23.8 Å². The molecule has 0 radical (unpaired) electrons. The van der Waals surface area contributed by atoms with E-state index >= 15 is 0 Å².